The van der Waals surface area contributed by atoms with Crippen molar-refractivity contribution < 1.29 is 14.6 Å². The van der Waals surface area contributed by atoms with Crippen LogP contribution in [0.1, 0.15) is 144 Å². The van der Waals surface area contributed by atoms with Crippen LogP contribution in [-0.4, -0.2) is 59.3 Å². The van der Waals surface area contributed by atoms with Crippen molar-refractivity contribution in [3.05, 3.63) is 58.8 Å². The molecule has 7 aliphatic rings. The summed E-state index contributed by atoms with van der Waals surface area (Å²) in [5.74, 6) is 3.04. The van der Waals surface area contributed by atoms with Crippen LogP contribution >= 0.6 is 11.6 Å². The van der Waals surface area contributed by atoms with Crippen LogP contribution in [0.2, 0.25) is 5.02 Å². The van der Waals surface area contributed by atoms with Gasteiger partial charge in [0.1, 0.15) is 5.02 Å². The first kappa shape index (κ1) is 41.6. The number of carboxylic acids is 1. The predicted octanol–water partition coefficient (Wildman–Crippen LogP) is 11.7. The molecule has 314 valence electrons. The van der Waals surface area contributed by atoms with Crippen molar-refractivity contribution in [1.29, 1.82) is 0 Å². The number of pyridine rings is 1. The van der Waals surface area contributed by atoms with E-state index in [0.29, 0.717) is 64.7 Å². The molecule has 1 unspecified atom stereocenters. The van der Waals surface area contributed by atoms with E-state index in [9.17, 15) is 9.90 Å². The highest BCUT2D eigenvalue weighted by Gasteiger charge is 2.70. The number of hydrogen-bond donors (Lipinski definition) is 2. The molecule has 0 spiro atoms. The highest BCUT2D eigenvalue weighted by molar-refractivity contribution is 6.31. The molecule has 1 saturated heterocycles. The maximum Gasteiger partial charge on any atom is 0.310 e. The summed E-state index contributed by atoms with van der Waals surface area (Å²) in [6, 6.07) is 3.52. The summed E-state index contributed by atoms with van der Waals surface area (Å²) in [4.78, 5) is 19.7. The first-order valence-electron chi connectivity index (χ1n) is 23.1. The Morgan fingerprint density at radius 1 is 0.965 bits per heavy atom. The van der Waals surface area contributed by atoms with Crippen LogP contribution in [0.4, 0.5) is 0 Å². The van der Waals surface area contributed by atoms with E-state index < -0.39 is 11.4 Å². The smallest absolute Gasteiger partial charge is 0.310 e. The lowest BCUT2D eigenvalue weighted by molar-refractivity contribution is -0.221. The molecule has 0 amide bonds. The van der Waals surface area contributed by atoms with Crippen molar-refractivity contribution >= 4 is 17.6 Å². The van der Waals surface area contributed by atoms with E-state index in [0.717, 1.165) is 25.3 Å². The molecule has 1 aromatic heterocycles. The molecule has 1 aliphatic heterocycles. The summed E-state index contributed by atoms with van der Waals surface area (Å²) >= 11 is 6.27. The average molecular weight is 801 g/mol. The van der Waals surface area contributed by atoms with Gasteiger partial charge >= 0.3 is 5.97 Å². The molecule has 0 bridgehead atoms. The number of fused-ring (bicyclic) bond motifs is 7. The topological polar surface area (TPSA) is 74.7 Å². The second-order valence-electron chi connectivity index (χ2n) is 21.6. The molecule has 6 nitrogen and oxygen atoms in total. The van der Waals surface area contributed by atoms with E-state index in [1.807, 2.05) is 0 Å². The van der Waals surface area contributed by atoms with Crippen LogP contribution < -0.4 is 10.1 Å². The van der Waals surface area contributed by atoms with Gasteiger partial charge in [0.05, 0.1) is 12.0 Å². The molecule has 8 rings (SSSR count). The first-order chi connectivity index (χ1) is 27.1. The number of carbonyl (C=O) groups is 1. The fraction of sp³-hybridized carbons (Fsp3) is 0.760. The Bertz CT molecular complexity index is 1770. The van der Waals surface area contributed by atoms with E-state index in [1.54, 1.807) is 18.3 Å². The van der Waals surface area contributed by atoms with Gasteiger partial charge in [-0.3, -0.25) is 4.79 Å². The molecular formula is C50H74ClN3O3. The van der Waals surface area contributed by atoms with Crippen LogP contribution in [0.5, 0.6) is 5.88 Å². The third-order valence-electron chi connectivity index (χ3n) is 19.0. The van der Waals surface area contributed by atoms with E-state index >= 15 is 0 Å². The van der Waals surface area contributed by atoms with Crippen molar-refractivity contribution in [3.63, 3.8) is 0 Å². The van der Waals surface area contributed by atoms with Gasteiger partial charge in [0.2, 0.25) is 5.88 Å². The number of ether oxygens (including phenoxy) is 1. The minimum Gasteiger partial charge on any atom is -0.481 e. The third kappa shape index (κ3) is 6.81. The second-order valence-corrected chi connectivity index (χ2v) is 22.0. The van der Waals surface area contributed by atoms with E-state index in [-0.39, 0.29) is 23.0 Å². The molecule has 57 heavy (non-hydrogen) atoms. The first-order valence-corrected chi connectivity index (χ1v) is 23.5. The summed E-state index contributed by atoms with van der Waals surface area (Å²) in [6.07, 6.45) is 24.9. The van der Waals surface area contributed by atoms with Gasteiger partial charge < -0.3 is 20.1 Å². The number of rotatable bonds is 11. The van der Waals surface area contributed by atoms with Crippen LogP contribution in [0.3, 0.4) is 0 Å². The number of carboxylic acid groups (broad SMARTS) is 1. The second kappa shape index (κ2) is 15.4. The van der Waals surface area contributed by atoms with Crippen LogP contribution in [-0.2, 0) is 4.79 Å². The molecule has 4 saturated carbocycles. The Morgan fingerprint density at radius 3 is 2.46 bits per heavy atom. The van der Waals surface area contributed by atoms with Gasteiger partial charge in [0.15, 0.2) is 0 Å². The fourth-order valence-electron chi connectivity index (χ4n) is 15.7. The van der Waals surface area contributed by atoms with Gasteiger partial charge in [-0.05, 0) is 191 Å². The van der Waals surface area contributed by atoms with Crippen LogP contribution in [0.25, 0.3) is 0 Å². The molecule has 5 fully saturated rings. The van der Waals surface area contributed by atoms with Crippen molar-refractivity contribution in [2.45, 2.75) is 150 Å². The van der Waals surface area contributed by atoms with Gasteiger partial charge in [0, 0.05) is 24.8 Å². The van der Waals surface area contributed by atoms with Gasteiger partial charge in [-0.15, -0.1) is 0 Å². The minimum atomic E-state index is -0.831. The summed E-state index contributed by atoms with van der Waals surface area (Å²) in [6.45, 7) is 25.5. The number of halogens is 1. The van der Waals surface area contributed by atoms with Crippen LogP contribution in [0.15, 0.2) is 53.8 Å². The standard InChI is InChI=1S/C50H74ClN3O3/c1-34(2)36-17-24-50(53-29-32-54-30-9-8-10-31-54)26-25-47(6)38(42(36)50)13-14-41-46(5)20-18-37(45(3,4)40(46)19-21-48(41,47)7)35-15-22-49(23-16-35,44(55)56)27-33-57-43-39(51)12-11-28-52-43/h11-12,15,18,28,36,38,40-42,53H,1,8-10,13-14,16-17,19-27,29-33H2,2-7H3,(H,55,56)/t36-,38+,40-,41+,42+,46-,47+,48+,49?,50-/m0/s1. The van der Waals surface area contributed by atoms with E-state index in [2.05, 4.69) is 75.5 Å². The molecule has 10 atom stereocenters. The molecule has 7 heteroatoms. The molecule has 0 radical (unpaired) electrons. The van der Waals surface area contributed by atoms with Crippen molar-refractivity contribution in [2.75, 3.05) is 32.8 Å². The largest absolute Gasteiger partial charge is 0.481 e. The molecule has 2 N–H and O–H groups in total. The molecular weight excluding hydrogens is 726 g/mol. The lowest BCUT2D eigenvalue weighted by Gasteiger charge is -2.72. The van der Waals surface area contributed by atoms with Crippen molar-refractivity contribution in [3.8, 4) is 5.88 Å². The van der Waals surface area contributed by atoms with Gasteiger partial charge in [0.25, 0.3) is 0 Å². The van der Waals surface area contributed by atoms with E-state index in [4.69, 9.17) is 16.3 Å². The maximum absolute atomic E-state index is 12.8. The third-order valence-corrected chi connectivity index (χ3v) is 19.2. The highest BCUT2D eigenvalue weighted by atomic mass is 35.5. The number of piperidine rings is 1. The summed E-state index contributed by atoms with van der Waals surface area (Å²) in [5.41, 5.74) is 4.69. The Labute approximate surface area is 350 Å². The number of hydrogen-bond acceptors (Lipinski definition) is 5. The van der Waals surface area contributed by atoms with Gasteiger partial charge in [-0.25, -0.2) is 4.98 Å². The van der Waals surface area contributed by atoms with Gasteiger partial charge in [-0.2, -0.15) is 0 Å². The highest BCUT2D eigenvalue weighted by Crippen LogP contribution is 2.76. The Morgan fingerprint density at radius 2 is 1.75 bits per heavy atom. The normalized spacial score (nSPS) is 41.4. The zero-order valence-corrected chi connectivity index (χ0v) is 37.1. The van der Waals surface area contributed by atoms with Crippen molar-refractivity contribution in [1.82, 2.24) is 15.2 Å². The molecule has 2 heterocycles. The van der Waals surface area contributed by atoms with Gasteiger partial charge in [-0.1, -0.05) is 76.9 Å². The Hall–Kier alpha value is -2.15. The average Bonchev–Trinajstić information content (AvgIpc) is 3.56. The lowest BCUT2D eigenvalue weighted by atomic mass is 9.33. The zero-order chi connectivity index (χ0) is 40.4. The minimum absolute atomic E-state index is 0.0382. The van der Waals surface area contributed by atoms with Crippen LogP contribution in [0, 0.1) is 56.7 Å². The number of nitrogens with zero attached hydrogens (tertiary/aromatic N) is 2. The lowest BCUT2D eigenvalue weighted by Crippen LogP contribution is -2.68. The predicted molar refractivity (Wildman–Crippen MR) is 232 cm³/mol. The summed E-state index contributed by atoms with van der Waals surface area (Å²) in [7, 11) is 0. The SMILES string of the molecule is C=C(C)[C@@H]1CC[C@]2(NCCN3CCCCC3)CC[C@]3(C)[C@H](CC[C@@H]4[C@@]5(C)CC=C(C6=CCC(CCOc7ncccc7Cl)(C(=O)O)CC6)C(C)(C)[C@@H]5CC[C@]43C)[C@@H]12. The van der Waals surface area contributed by atoms with Crippen molar-refractivity contribution in [2.24, 2.45) is 56.7 Å². The van der Waals surface area contributed by atoms with E-state index in [1.165, 1.54) is 107 Å². The quantitative estimate of drug-likeness (QED) is 0.217. The number of aromatic nitrogens is 1. The Kier molecular flexibility index (Phi) is 11.2. The molecule has 1 aromatic rings. The number of likely N-dealkylation sites (tertiary alicyclic amines) is 1. The summed E-state index contributed by atoms with van der Waals surface area (Å²) in [5, 5.41) is 15.3. The number of aliphatic carboxylic acids is 1. The Balaban J connectivity index is 1.00. The number of allylic oxidation sites excluding steroid dienone is 5. The molecule has 0 aromatic carbocycles. The molecule has 6 aliphatic carbocycles. The maximum atomic E-state index is 12.8. The fourth-order valence-corrected chi connectivity index (χ4v) is 15.9. The zero-order valence-electron chi connectivity index (χ0n) is 36.4. The monoisotopic (exact) mass is 800 g/mol. The summed E-state index contributed by atoms with van der Waals surface area (Å²) < 4.78 is 5.88. The number of nitrogens with one attached hydrogen (secondary N) is 1.